The van der Waals surface area contributed by atoms with Crippen LogP contribution in [-0.4, -0.2) is 50.5 Å². The average Bonchev–Trinajstić information content (AvgIpc) is 2.97. The maximum atomic E-state index is 13.9. The molecule has 0 aliphatic carbocycles. The maximum Gasteiger partial charge on any atom is 0.416 e. The van der Waals surface area contributed by atoms with E-state index in [4.69, 9.17) is 23.2 Å². The Hall–Kier alpha value is -3.28. The number of unbranched alkanes of at least 4 members (excludes halogenated alkanes) is 1. The molecule has 0 spiro atoms. The smallest absolute Gasteiger partial charge is 0.354 e. The van der Waals surface area contributed by atoms with E-state index in [1.807, 2.05) is 37.3 Å². The lowest BCUT2D eigenvalue weighted by molar-refractivity contribution is -0.141. The molecule has 1 unspecified atom stereocenters. The van der Waals surface area contributed by atoms with Crippen LogP contribution in [0, 0.1) is 0 Å². The lowest BCUT2D eigenvalue weighted by atomic mass is 10.0. The Kier molecular flexibility index (Phi) is 13.1. The van der Waals surface area contributed by atoms with Gasteiger partial charge in [0.2, 0.25) is 21.8 Å². The van der Waals surface area contributed by atoms with Crippen LogP contribution in [0.5, 0.6) is 0 Å². The van der Waals surface area contributed by atoms with Crippen LogP contribution in [0.4, 0.5) is 18.9 Å². The lowest BCUT2D eigenvalue weighted by Crippen LogP contribution is -2.50. The Bertz CT molecular complexity index is 1560. The predicted octanol–water partition coefficient (Wildman–Crippen LogP) is 7.11. The zero-order valence-corrected chi connectivity index (χ0v) is 27.3. The van der Waals surface area contributed by atoms with E-state index in [9.17, 15) is 31.2 Å². The van der Waals surface area contributed by atoms with Gasteiger partial charge in [-0.2, -0.15) is 13.2 Å². The number of rotatable bonds is 15. The van der Waals surface area contributed by atoms with Crippen molar-refractivity contribution in [2.24, 2.45) is 0 Å². The summed E-state index contributed by atoms with van der Waals surface area (Å²) in [6, 6.07) is 17.1. The zero-order valence-electron chi connectivity index (χ0n) is 25.0. The molecule has 0 saturated carbocycles. The van der Waals surface area contributed by atoms with E-state index in [0.29, 0.717) is 22.2 Å². The molecule has 13 heteroatoms. The predicted molar refractivity (Wildman–Crippen MR) is 172 cm³/mol. The quantitative estimate of drug-likeness (QED) is 0.173. The molecule has 0 saturated heterocycles. The molecule has 244 valence electrons. The van der Waals surface area contributed by atoms with Gasteiger partial charge in [-0.25, -0.2) is 8.42 Å². The first-order valence-corrected chi connectivity index (χ1v) is 17.0. The van der Waals surface area contributed by atoms with Gasteiger partial charge in [-0.1, -0.05) is 79.0 Å². The van der Waals surface area contributed by atoms with Crippen LogP contribution >= 0.6 is 23.2 Å². The highest BCUT2D eigenvalue weighted by Crippen LogP contribution is 2.32. The highest BCUT2D eigenvalue weighted by molar-refractivity contribution is 7.92. The first kappa shape index (κ1) is 36.2. The Balaban J connectivity index is 1.91. The van der Waals surface area contributed by atoms with Gasteiger partial charge in [0.1, 0.15) is 6.04 Å². The van der Waals surface area contributed by atoms with Gasteiger partial charge in [0.05, 0.1) is 17.5 Å². The molecule has 1 N–H and O–H groups in total. The molecule has 3 rings (SSSR count). The molecule has 3 aromatic carbocycles. The van der Waals surface area contributed by atoms with E-state index in [0.717, 1.165) is 47.2 Å². The van der Waals surface area contributed by atoms with Crippen molar-refractivity contribution in [2.75, 3.05) is 23.7 Å². The first-order chi connectivity index (χ1) is 21.2. The summed E-state index contributed by atoms with van der Waals surface area (Å²) in [6.45, 7) is 2.13. The van der Waals surface area contributed by atoms with Gasteiger partial charge in [-0.15, -0.1) is 0 Å². The zero-order chi connectivity index (χ0) is 33.2. The van der Waals surface area contributed by atoms with Crippen molar-refractivity contribution in [1.82, 2.24) is 10.2 Å². The highest BCUT2D eigenvalue weighted by atomic mass is 35.5. The van der Waals surface area contributed by atoms with E-state index in [1.54, 1.807) is 12.1 Å². The molecule has 0 heterocycles. The Morgan fingerprint density at radius 3 is 2.29 bits per heavy atom. The third kappa shape index (κ3) is 10.9. The fourth-order valence-corrected chi connectivity index (χ4v) is 6.16. The number of hydrogen-bond acceptors (Lipinski definition) is 4. The summed E-state index contributed by atoms with van der Waals surface area (Å²) in [6.07, 6.45) is -2.18. The molecule has 0 aliphatic heterocycles. The van der Waals surface area contributed by atoms with Crippen molar-refractivity contribution in [3.63, 3.8) is 0 Å². The SMILES string of the molecule is CCCCNC(=O)C(Cc1ccccc1)N(Cc1ccc(Cl)cc1Cl)C(=O)CCCN(c1cccc(C(F)(F)F)c1)S(C)(=O)=O. The third-order valence-corrected chi connectivity index (χ3v) is 8.85. The van der Waals surface area contributed by atoms with Gasteiger partial charge >= 0.3 is 6.18 Å². The van der Waals surface area contributed by atoms with Crippen LogP contribution in [0.2, 0.25) is 10.0 Å². The number of nitrogens with one attached hydrogen (secondary N) is 1. The van der Waals surface area contributed by atoms with Crippen molar-refractivity contribution in [2.45, 2.75) is 57.8 Å². The van der Waals surface area contributed by atoms with Crippen molar-refractivity contribution < 1.29 is 31.2 Å². The molecule has 45 heavy (non-hydrogen) atoms. The van der Waals surface area contributed by atoms with Crippen LogP contribution in [0.15, 0.2) is 72.8 Å². The van der Waals surface area contributed by atoms with E-state index in [1.165, 1.54) is 17.0 Å². The van der Waals surface area contributed by atoms with Gasteiger partial charge in [0, 0.05) is 42.5 Å². The summed E-state index contributed by atoms with van der Waals surface area (Å²) >= 11 is 12.5. The van der Waals surface area contributed by atoms with Gasteiger partial charge in [-0.3, -0.25) is 13.9 Å². The number of sulfonamides is 1. The summed E-state index contributed by atoms with van der Waals surface area (Å²) in [5.41, 5.74) is 0.215. The normalized spacial score (nSPS) is 12.4. The Morgan fingerprint density at radius 2 is 1.67 bits per heavy atom. The monoisotopic (exact) mass is 685 g/mol. The molecule has 0 bridgehead atoms. The van der Waals surface area contributed by atoms with E-state index in [2.05, 4.69) is 5.32 Å². The summed E-state index contributed by atoms with van der Waals surface area (Å²) in [5.74, 6) is -0.808. The van der Waals surface area contributed by atoms with Gasteiger partial charge in [0.25, 0.3) is 0 Å². The molecular weight excluding hydrogens is 650 g/mol. The average molecular weight is 687 g/mol. The molecule has 1 atom stereocenters. The fraction of sp³-hybridized carbons (Fsp3) is 0.375. The second kappa shape index (κ2) is 16.3. The summed E-state index contributed by atoms with van der Waals surface area (Å²) in [5, 5.41) is 3.62. The highest BCUT2D eigenvalue weighted by Gasteiger charge is 2.33. The van der Waals surface area contributed by atoms with Crippen molar-refractivity contribution in [3.05, 3.63) is 99.5 Å². The Labute approximate surface area is 272 Å². The number of anilines is 1. The summed E-state index contributed by atoms with van der Waals surface area (Å²) in [7, 11) is -3.99. The minimum absolute atomic E-state index is 0.0253. The van der Waals surface area contributed by atoms with Crippen LogP contribution in [0.1, 0.15) is 49.3 Å². The van der Waals surface area contributed by atoms with E-state index < -0.39 is 33.7 Å². The topological polar surface area (TPSA) is 86.8 Å². The van der Waals surface area contributed by atoms with Crippen LogP contribution in [0.25, 0.3) is 0 Å². The first-order valence-electron chi connectivity index (χ1n) is 14.4. The minimum Gasteiger partial charge on any atom is -0.354 e. The van der Waals surface area contributed by atoms with Crippen molar-refractivity contribution in [1.29, 1.82) is 0 Å². The number of hydrogen-bond donors (Lipinski definition) is 1. The number of amides is 2. The number of benzene rings is 3. The molecule has 0 radical (unpaired) electrons. The second-order valence-corrected chi connectivity index (χ2v) is 13.3. The molecule has 0 fully saturated rings. The van der Waals surface area contributed by atoms with Gasteiger partial charge in [0.15, 0.2) is 0 Å². The number of halogens is 5. The largest absolute Gasteiger partial charge is 0.416 e. The summed E-state index contributed by atoms with van der Waals surface area (Å²) < 4.78 is 66.0. The second-order valence-electron chi connectivity index (χ2n) is 10.6. The molecule has 3 aromatic rings. The third-order valence-electron chi connectivity index (χ3n) is 7.07. The molecule has 0 aliphatic rings. The minimum atomic E-state index is -4.66. The fourth-order valence-electron chi connectivity index (χ4n) is 4.73. The van der Waals surface area contributed by atoms with E-state index >= 15 is 0 Å². The van der Waals surface area contributed by atoms with Crippen molar-refractivity contribution >= 4 is 50.7 Å². The lowest BCUT2D eigenvalue weighted by Gasteiger charge is -2.32. The molecule has 0 aromatic heterocycles. The number of nitrogens with zero attached hydrogens (tertiary/aromatic N) is 2. The van der Waals surface area contributed by atoms with Crippen molar-refractivity contribution in [3.8, 4) is 0 Å². The molecule has 2 amide bonds. The van der Waals surface area contributed by atoms with Crippen LogP contribution < -0.4 is 9.62 Å². The van der Waals surface area contributed by atoms with Crippen LogP contribution in [-0.2, 0) is 38.8 Å². The number of carbonyl (C=O) groups excluding carboxylic acids is 2. The van der Waals surface area contributed by atoms with Gasteiger partial charge in [-0.05, 0) is 54.3 Å². The summed E-state index contributed by atoms with van der Waals surface area (Å²) in [4.78, 5) is 28.9. The number of carbonyl (C=O) groups is 2. The maximum absolute atomic E-state index is 13.9. The standard InChI is InChI=1S/C32H36Cl2F3N3O4S/c1-3-4-17-38-31(42)29(19-23-10-6-5-7-11-23)39(22-24-15-16-26(33)21-28(24)34)30(41)14-9-18-40(45(2,43)44)27-13-8-12-25(20-27)32(35,36)37/h5-8,10-13,15-16,20-21,29H,3-4,9,14,17-19,22H2,1-2H3,(H,38,42). The van der Waals surface area contributed by atoms with E-state index in [-0.39, 0.29) is 43.9 Å². The Morgan fingerprint density at radius 1 is 0.956 bits per heavy atom. The molecular formula is C32H36Cl2F3N3O4S. The van der Waals surface area contributed by atoms with Gasteiger partial charge < -0.3 is 10.2 Å². The number of alkyl halides is 3. The molecule has 7 nitrogen and oxygen atoms in total. The van der Waals surface area contributed by atoms with Crippen LogP contribution in [0.3, 0.4) is 0 Å².